The lowest BCUT2D eigenvalue weighted by molar-refractivity contribution is -0.118. The molecule has 9 nitrogen and oxygen atoms in total. The third-order valence-corrected chi connectivity index (χ3v) is 5.62. The van der Waals surface area contributed by atoms with Gasteiger partial charge in [-0.2, -0.15) is 14.9 Å². The Balaban J connectivity index is 1.44. The molecule has 0 saturated heterocycles. The molecule has 1 amide bonds. The molecule has 35 heavy (non-hydrogen) atoms. The average molecular weight is 468 g/mol. The minimum Gasteiger partial charge on any atom is -0.484 e. The topological polar surface area (TPSA) is 99.8 Å². The number of aromatic nitrogens is 6. The number of benzene rings is 2. The highest BCUT2D eigenvalue weighted by Gasteiger charge is 2.18. The van der Waals surface area contributed by atoms with Crippen molar-refractivity contribution in [3.05, 3.63) is 83.4 Å². The molecule has 0 spiro atoms. The van der Waals surface area contributed by atoms with Gasteiger partial charge in [-0.25, -0.2) is 14.6 Å². The Morgan fingerprint density at radius 1 is 0.943 bits per heavy atom. The number of aryl methyl sites for hydroxylation is 4. The van der Waals surface area contributed by atoms with Crippen LogP contribution >= 0.6 is 0 Å². The molecule has 3 aromatic heterocycles. The first kappa shape index (κ1) is 22.3. The summed E-state index contributed by atoms with van der Waals surface area (Å²) < 4.78 is 8.99. The maximum atomic E-state index is 12.6. The van der Waals surface area contributed by atoms with E-state index in [0.717, 1.165) is 22.5 Å². The van der Waals surface area contributed by atoms with Crippen LogP contribution in [0, 0.1) is 27.7 Å². The molecule has 0 aliphatic carbocycles. The number of nitrogens with one attached hydrogen (secondary N) is 1. The fourth-order valence-corrected chi connectivity index (χ4v) is 3.93. The Labute approximate surface area is 202 Å². The number of ether oxygens (including phenoxy) is 1. The van der Waals surface area contributed by atoms with Crippen molar-refractivity contribution in [2.24, 2.45) is 0 Å². The van der Waals surface area contributed by atoms with E-state index in [1.807, 2.05) is 57.2 Å². The van der Waals surface area contributed by atoms with Crippen LogP contribution in [-0.2, 0) is 4.79 Å². The first-order chi connectivity index (χ1) is 16.9. The quantitative estimate of drug-likeness (QED) is 0.401. The van der Waals surface area contributed by atoms with Crippen LogP contribution in [0.2, 0.25) is 0 Å². The highest BCUT2D eigenvalue weighted by molar-refractivity contribution is 5.92. The van der Waals surface area contributed by atoms with Crippen molar-refractivity contribution in [1.82, 2.24) is 29.5 Å². The van der Waals surface area contributed by atoms with Crippen molar-refractivity contribution in [2.75, 3.05) is 11.9 Å². The Hall–Kier alpha value is -4.53. The van der Waals surface area contributed by atoms with Gasteiger partial charge < -0.3 is 10.1 Å². The first-order valence-corrected chi connectivity index (χ1v) is 11.2. The van der Waals surface area contributed by atoms with Crippen molar-refractivity contribution < 1.29 is 9.53 Å². The summed E-state index contributed by atoms with van der Waals surface area (Å²) in [6, 6.07) is 15.5. The van der Waals surface area contributed by atoms with Crippen LogP contribution in [0.1, 0.15) is 22.4 Å². The van der Waals surface area contributed by atoms with Gasteiger partial charge in [-0.3, -0.25) is 4.79 Å². The van der Waals surface area contributed by atoms with Gasteiger partial charge in [0.2, 0.25) is 0 Å². The van der Waals surface area contributed by atoms with Gasteiger partial charge in [-0.1, -0.05) is 35.4 Å². The summed E-state index contributed by atoms with van der Waals surface area (Å²) in [4.78, 5) is 21.6. The van der Waals surface area contributed by atoms with Crippen LogP contribution < -0.4 is 10.1 Å². The Kier molecular flexibility index (Phi) is 5.74. The molecule has 0 atom stereocenters. The predicted molar refractivity (Wildman–Crippen MR) is 133 cm³/mol. The lowest BCUT2D eigenvalue weighted by atomic mass is 10.1. The van der Waals surface area contributed by atoms with E-state index < -0.39 is 0 Å². The van der Waals surface area contributed by atoms with E-state index in [2.05, 4.69) is 38.5 Å². The molecule has 2 aromatic carbocycles. The minimum atomic E-state index is -0.303. The summed E-state index contributed by atoms with van der Waals surface area (Å²) in [7, 11) is 0. The van der Waals surface area contributed by atoms with Crippen LogP contribution in [0.15, 0.2) is 61.1 Å². The normalized spacial score (nSPS) is 11.1. The number of rotatable bonds is 6. The maximum absolute atomic E-state index is 12.6. The molecule has 9 heteroatoms. The molecule has 3 heterocycles. The minimum absolute atomic E-state index is 0.128. The molecule has 0 fully saturated rings. The number of amides is 1. The van der Waals surface area contributed by atoms with E-state index in [0.29, 0.717) is 28.4 Å². The van der Waals surface area contributed by atoms with Crippen molar-refractivity contribution in [3.8, 4) is 17.3 Å². The van der Waals surface area contributed by atoms with Crippen LogP contribution in [-0.4, -0.2) is 42.0 Å². The summed E-state index contributed by atoms with van der Waals surface area (Å²) >= 11 is 0. The zero-order chi connectivity index (χ0) is 24.5. The molecular formula is C26H25N7O2. The molecule has 0 aliphatic heterocycles. The van der Waals surface area contributed by atoms with Crippen LogP contribution in [0.5, 0.6) is 5.75 Å². The molecule has 0 saturated carbocycles. The second-order valence-corrected chi connectivity index (χ2v) is 8.51. The van der Waals surface area contributed by atoms with Gasteiger partial charge in [0, 0.05) is 6.07 Å². The van der Waals surface area contributed by atoms with Gasteiger partial charge in [0.25, 0.3) is 5.91 Å². The molecule has 176 valence electrons. The molecule has 1 N–H and O–H groups in total. The summed E-state index contributed by atoms with van der Waals surface area (Å²) in [5.41, 5.74) is 5.71. The van der Waals surface area contributed by atoms with Gasteiger partial charge in [-0.05, 0) is 51.5 Å². The number of hydrogen-bond donors (Lipinski definition) is 1. The lowest BCUT2D eigenvalue weighted by Crippen LogP contribution is -2.22. The van der Waals surface area contributed by atoms with E-state index in [4.69, 9.17) is 4.74 Å². The van der Waals surface area contributed by atoms with Crippen molar-refractivity contribution >= 4 is 22.8 Å². The number of anilines is 1. The van der Waals surface area contributed by atoms with E-state index in [-0.39, 0.29) is 12.5 Å². The summed E-state index contributed by atoms with van der Waals surface area (Å²) in [6.45, 7) is 7.82. The molecule has 5 aromatic rings. The van der Waals surface area contributed by atoms with Gasteiger partial charge >= 0.3 is 0 Å². The molecular weight excluding hydrogens is 442 g/mol. The summed E-state index contributed by atoms with van der Waals surface area (Å²) in [6.07, 6.45) is 3.19. The van der Waals surface area contributed by atoms with Crippen LogP contribution in [0.25, 0.3) is 22.5 Å². The molecule has 0 unspecified atom stereocenters. The zero-order valence-corrected chi connectivity index (χ0v) is 20.0. The lowest BCUT2D eigenvalue weighted by Gasteiger charge is -2.11. The smallest absolute Gasteiger partial charge is 0.263 e. The molecule has 5 rings (SSSR count). The summed E-state index contributed by atoms with van der Waals surface area (Å²) in [5.74, 6) is 1.34. The van der Waals surface area contributed by atoms with Crippen LogP contribution in [0.3, 0.4) is 0 Å². The van der Waals surface area contributed by atoms with E-state index in [1.165, 1.54) is 11.9 Å². The number of hydrogen-bond acceptors (Lipinski definition) is 6. The highest BCUT2D eigenvalue weighted by Crippen LogP contribution is 2.25. The van der Waals surface area contributed by atoms with Gasteiger partial charge in [0.05, 0.1) is 23.0 Å². The maximum Gasteiger partial charge on any atom is 0.263 e. The number of carbonyl (C=O) groups excluding carboxylic acids is 1. The van der Waals surface area contributed by atoms with Crippen molar-refractivity contribution in [3.63, 3.8) is 0 Å². The zero-order valence-electron chi connectivity index (χ0n) is 20.0. The Morgan fingerprint density at radius 3 is 2.49 bits per heavy atom. The molecule has 0 radical (unpaired) electrons. The Bertz CT molecular complexity index is 1530. The number of carbonyl (C=O) groups is 1. The largest absolute Gasteiger partial charge is 0.484 e. The average Bonchev–Trinajstić information content (AvgIpc) is 3.42. The molecule has 0 aliphatic rings. The second-order valence-electron chi connectivity index (χ2n) is 8.51. The fourth-order valence-electron chi connectivity index (χ4n) is 3.93. The highest BCUT2D eigenvalue weighted by atomic mass is 16.5. The number of nitrogens with zero attached hydrogens (tertiary/aromatic N) is 6. The van der Waals surface area contributed by atoms with Gasteiger partial charge in [-0.15, -0.1) is 0 Å². The van der Waals surface area contributed by atoms with Crippen molar-refractivity contribution in [1.29, 1.82) is 0 Å². The first-order valence-electron chi connectivity index (χ1n) is 11.2. The third kappa shape index (κ3) is 4.48. The summed E-state index contributed by atoms with van der Waals surface area (Å²) in [5, 5.41) is 12.7. The van der Waals surface area contributed by atoms with E-state index in [1.54, 1.807) is 21.6 Å². The van der Waals surface area contributed by atoms with Crippen LogP contribution in [0.4, 0.5) is 5.82 Å². The monoisotopic (exact) mass is 467 g/mol. The third-order valence-electron chi connectivity index (χ3n) is 5.62. The van der Waals surface area contributed by atoms with Crippen molar-refractivity contribution in [2.45, 2.75) is 27.7 Å². The second kappa shape index (κ2) is 9.02. The number of fused-ring (bicyclic) bond motifs is 1. The fraction of sp³-hybridized carbons (Fsp3) is 0.192. The van der Waals surface area contributed by atoms with Gasteiger partial charge in [0.1, 0.15) is 17.9 Å². The Morgan fingerprint density at radius 2 is 1.71 bits per heavy atom. The SMILES string of the molecule is Cc1ccc(OCC(=O)Nc2cc(C)nn2-c2ncnc3c2cnn3-c2ccc(C)cc2C)cc1. The van der Waals surface area contributed by atoms with E-state index >= 15 is 0 Å². The van der Waals surface area contributed by atoms with E-state index in [9.17, 15) is 4.79 Å². The standard InChI is InChI=1S/C26H25N7O2/c1-16-5-8-20(9-6-16)35-14-24(34)30-23-12-19(4)31-33(23)26-21-13-29-32(25(21)27-15-28-26)22-10-7-17(2)11-18(22)3/h5-13,15H,14H2,1-4H3,(H,30,34). The van der Waals surface area contributed by atoms with Gasteiger partial charge in [0.15, 0.2) is 18.1 Å². The predicted octanol–water partition coefficient (Wildman–Crippen LogP) is 4.25. The molecule has 0 bridgehead atoms.